The predicted octanol–water partition coefficient (Wildman–Crippen LogP) is 4.48. The first kappa shape index (κ1) is 21.7. The molecule has 160 valence electrons. The van der Waals surface area contributed by atoms with E-state index in [2.05, 4.69) is 38.2 Å². The molecule has 0 spiro atoms. The van der Waals surface area contributed by atoms with E-state index < -0.39 is 0 Å². The minimum absolute atomic E-state index is 0.0689. The van der Waals surface area contributed by atoms with Crippen molar-refractivity contribution in [2.45, 2.75) is 70.8 Å². The number of aryl methyl sites for hydroxylation is 1. The number of likely N-dealkylation sites (N-methyl/N-ethyl adjacent to an activating group) is 1. The van der Waals surface area contributed by atoms with Crippen LogP contribution in [0.1, 0.15) is 69.9 Å². The maximum atomic E-state index is 11.4. The lowest BCUT2D eigenvalue weighted by Crippen LogP contribution is -2.45. The number of benzene rings is 1. The normalized spacial score (nSPS) is 22.1. The first-order valence-corrected chi connectivity index (χ1v) is 10.9. The molecule has 0 aromatic heterocycles. The van der Waals surface area contributed by atoms with Crippen molar-refractivity contribution in [2.75, 3.05) is 20.3 Å². The maximum Gasteiger partial charge on any atom is 0.245 e. The number of phenols is 1. The Morgan fingerprint density at radius 1 is 1.34 bits per heavy atom. The van der Waals surface area contributed by atoms with Crippen LogP contribution in [0.4, 0.5) is 0 Å². The molecule has 0 bridgehead atoms. The van der Waals surface area contributed by atoms with E-state index in [4.69, 9.17) is 9.47 Å². The number of phenolic OH excluding ortho intramolecular Hbond substituents is 1. The Hall–Kier alpha value is -2.01. The summed E-state index contributed by atoms with van der Waals surface area (Å²) in [4.78, 5) is 11.4. The molecule has 0 saturated heterocycles. The largest absolute Gasteiger partial charge is 0.507 e. The fourth-order valence-corrected chi connectivity index (χ4v) is 4.68. The third kappa shape index (κ3) is 4.95. The van der Waals surface area contributed by atoms with Crippen molar-refractivity contribution in [1.82, 2.24) is 5.32 Å². The molecule has 1 heterocycles. The van der Waals surface area contributed by atoms with Crippen molar-refractivity contribution >= 4 is 5.91 Å². The summed E-state index contributed by atoms with van der Waals surface area (Å²) in [7, 11) is 1.61. The summed E-state index contributed by atoms with van der Waals surface area (Å²) in [5, 5.41) is 13.4. The van der Waals surface area contributed by atoms with Crippen molar-refractivity contribution in [1.29, 1.82) is 0 Å². The van der Waals surface area contributed by atoms with Crippen LogP contribution in [0.3, 0.4) is 0 Å². The van der Waals surface area contributed by atoms with Gasteiger partial charge in [0.2, 0.25) is 5.91 Å². The highest BCUT2D eigenvalue weighted by Crippen LogP contribution is 2.53. The average Bonchev–Trinajstić information content (AvgIpc) is 2.67. The van der Waals surface area contributed by atoms with E-state index in [-0.39, 0.29) is 24.0 Å². The number of nitrogens with one attached hydrogen (secondary N) is 1. The van der Waals surface area contributed by atoms with E-state index in [9.17, 15) is 9.90 Å². The highest BCUT2D eigenvalue weighted by atomic mass is 16.5. The Labute approximate surface area is 174 Å². The molecule has 2 unspecified atom stereocenters. The van der Waals surface area contributed by atoms with Gasteiger partial charge in [0.15, 0.2) is 0 Å². The first-order valence-electron chi connectivity index (χ1n) is 10.9. The Bertz CT molecular complexity index is 768. The van der Waals surface area contributed by atoms with Gasteiger partial charge < -0.3 is 19.9 Å². The van der Waals surface area contributed by atoms with Crippen molar-refractivity contribution in [3.63, 3.8) is 0 Å². The van der Waals surface area contributed by atoms with Crippen LogP contribution in [0.2, 0.25) is 0 Å². The third-order valence-corrected chi connectivity index (χ3v) is 6.27. The topological polar surface area (TPSA) is 67.8 Å². The second kappa shape index (κ2) is 9.21. The number of ether oxygens (including phenoxy) is 2. The SMILES string of the molecule is CCCCCc1cc(O)c2c(c1)OC(C)(C)C1CCC(COCC(=O)NC)=CC21. The van der Waals surface area contributed by atoms with Gasteiger partial charge in [0.25, 0.3) is 0 Å². The standard InChI is InChI=1S/C24H35NO4/c1-5-6-7-8-16-12-20(26)23-18-11-17(14-28-15-22(27)25-4)9-10-19(18)24(2,3)29-21(23)13-16/h11-13,18-19,26H,5-10,14-15H2,1-4H3,(H,25,27). The lowest BCUT2D eigenvalue weighted by Gasteiger charge is -2.46. The van der Waals surface area contributed by atoms with E-state index in [1.807, 2.05) is 6.07 Å². The van der Waals surface area contributed by atoms with E-state index in [0.717, 1.165) is 42.6 Å². The molecule has 1 aromatic rings. The third-order valence-electron chi connectivity index (χ3n) is 6.27. The van der Waals surface area contributed by atoms with Crippen LogP contribution in [0.25, 0.3) is 0 Å². The highest BCUT2D eigenvalue weighted by Gasteiger charge is 2.45. The summed E-state index contributed by atoms with van der Waals surface area (Å²) in [5.74, 6) is 1.43. The Morgan fingerprint density at radius 3 is 2.86 bits per heavy atom. The summed E-state index contributed by atoms with van der Waals surface area (Å²) in [5.41, 5.74) is 2.93. The summed E-state index contributed by atoms with van der Waals surface area (Å²) < 4.78 is 12.0. The molecule has 29 heavy (non-hydrogen) atoms. The minimum atomic E-state index is -0.295. The van der Waals surface area contributed by atoms with Crippen LogP contribution in [0.15, 0.2) is 23.8 Å². The van der Waals surface area contributed by atoms with Crippen molar-refractivity contribution in [3.05, 3.63) is 34.9 Å². The molecule has 2 aliphatic rings. The van der Waals surface area contributed by atoms with Gasteiger partial charge in [-0.3, -0.25) is 4.79 Å². The van der Waals surface area contributed by atoms with Crippen molar-refractivity contribution in [3.8, 4) is 11.5 Å². The molecule has 0 radical (unpaired) electrons. The average molecular weight is 402 g/mol. The molecule has 2 N–H and O–H groups in total. The monoisotopic (exact) mass is 401 g/mol. The van der Waals surface area contributed by atoms with Gasteiger partial charge in [0.1, 0.15) is 23.7 Å². The zero-order chi connectivity index (χ0) is 21.0. The van der Waals surface area contributed by atoms with Gasteiger partial charge in [-0.1, -0.05) is 25.8 Å². The van der Waals surface area contributed by atoms with Crippen molar-refractivity contribution < 1.29 is 19.4 Å². The number of rotatable bonds is 8. The number of carbonyl (C=O) groups excluding carboxylic acids is 1. The quantitative estimate of drug-likeness (QED) is 0.498. The molecule has 5 nitrogen and oxygen atoms in total. The predicted molar refractivity (Wildman–Crippen MR) is 114 cm³/mol. The molecule has 5 heteroatoms. The van der Waals surface area contributed by atoms with Crippen LogP contribution >= 0.6 is 0 Å². The van der Waals surface area contributed by atoms with E-state index >= 15 is 0 Å². The highest BCUT2D eigenvalue weighted by molar-refractivity contribution is 5.76. The molecular weight excluding hydrogens is 366 g/mol. The summed E-state index contributed by atoms with van der Waals surface area (Å²) in [6.07, 6.45) is 8.59. The molecule has 0 fully saturated rings. The molecule has 1 aromatic carbocycles. The van der Waals surface area contributed by atoms with E-state index in [1.165, 1.54) is 18.4 Å². The number of hydrogen-bond acceptors (Lipinski definition) is 4. The van der Waals surface area contributed by atoms with E-state index in [0.29, 0.717) is 18.3 Å². The van der Waals surface area contributed by atoms with Gasteiger partial charge in [-0.15, -0.1) is 0 Å². The van der Waals surface area contributed by atoms with Crippen LogP contribution in [0, 0.1) is 5.92 Å². The summed E-state index contributed by atoms with van der Waals surface area (Å²) in [6, 6.07) is 4.03. The van der Waals surface area contributed by atoms with Gasteiger partial charge >= 0.3 is 0 Å². The molecule has 2 atom stereocenters. The Morgan fingerprint density at radius 2 is 2.14 bits per heavy atom. The van der Waals surface area contributed by atoms with Gasteiger partial charge in [0, 0.05) is 24.4 Å². The molecule has 1 aliphatic heterocycles. The summed E-state index contributed by atoms with van der Waals surface area (Å²) >= 11 is 0. The smallest absolute Gasteiger partial charge is 0.245 e. The number of allylic oxidation sites excluding steroid dienone is 1. The molecule has 0 saturated carbocycles. The minimum Gasteiger partial charge on any atom is -0.507 e. The lowest BCUT2D eigenvalue weighted by molar-refractivity contribution is -0.124. The molecule has 1 amide bonds. The van der Waals surface area contributed by atoms with Crippen molar-refractivity contribution in [2.24, 2.45) is 5.92 Å². The second-order valence-electron chi connectivity index (χ2n) is 8.85. The Kier molecular flexibility index (Phi) is 6.89. The fraction of sp³-hybridized carbons (Fsp3) is 0.625. The van der Waals surface area contributed by atoms with Gasteiger partial charge in [-0.05, 0) is 62.8 Å². The molecule has 1 aliphatic carbocycles. The number of fused-ring (bicyclic) bond motifs is 3. The Balaban J connectivity index is 1.84. The zero-order valence-electron chi connectivity index (χ0n) is 18.2. The van der Waals surface area contributed by atoms with Crippen LogP contribution in [0.5, 0.6) is 11.5 Å². The summed E-state index contributed by atoms with van der Waals surface area (Å²) in [6.45, 7) is 7.01. The van der Waals surface area contributed by atoms with Gasteiger partial charge in [-0.2, -0.15) is 0 Å². The number of carbonyl (C=O) groups is 1. The molecule has 3 rings (SSSR count). The van der Waals surface area contributed by atoms with Gasteiger partial charge in [-0.25, -0.2) is 0 Å². The number of amides is 1. The van der Waals surface area contributed by atoms with Crippen LogP contribution in [-0.2, 0) is 16.0 Å². The van der Waals surface area contributed by atoms with Gasteiger partial charge in [0.05, 0.1) is 6.61 Å². The zero-order valence-corrected chi connectivity index (χ0v) is 18.2. The lowest BCUT2D eigenvalue weighted by atomic mass is 9.68. The fourth-order valence-electron chi connectivity index (χ4n) is 4.68. The molecular formula is C24H35NO4. The van der Waals surface area contributed by atoms with E-state index in [1.54, 1.807) is 7.05 Å². The first-order chi connectivity index (χ1) is 13.9. The van der Waals surface area contributed by atoms with Crippen LogP contribution in [-0.4, -0.2) is 36.9 Å². The van der Waals surface area contributed by atoms with Crippen LogP contribution < -0.4 is 10.1 Å². The number of aromatic hydroxyl groups is 1. The number of unbranched alkanes of at least 4 members (excludes halogenated alkanes) is 2. The maximum absolute atomic E-state index is 11.4. The number of hydrogen-bond donors (Lipinski definition) is 2. The second-order valence-corrected chi connectivity index (χ2v) is 8.85.